The molecule has 0 heterocycles. The van der Waals surface area contributed by atoms with Crippen LogP contribution in [0.25, 0.3) is 0 Å². The lowest BCUT2D eigenvalue weighted by atomic mass is 10.3. The Morgan fingerprint density at radius 1 is 1.35 bits per heavy atom. The Balaban J connectivity index is 5.05. The molecule has 0 aliphatic heterocycles. The minimum atomic E-state index is -4.91. The first kappa shape index (κ1) is 16.2. The van der Waals surface area contributed by atoms with Gasteiger partial charge < -0.3 is 10.6 Å². The molecule has 0 saturated carbocycles. The third kappa shape index (κ3) is 4.90. The van der Waals surface area contributed by atoms with Gasteiger partial charge in [0.1, 0.15) is 5.75 Å². The first-order chi connectivity index (χ1) is 7.52. The van der Waals surface area contributed by atoms with Crippen LogP contribution in [0.5, 0.6) is 0 Å². The molecule has 9 heteroatoms. The number of carbonyl (C=O) groups excluding carboxylic acids is 1. The Morgan fingerprint density at radius 3 is 2.12 bits per heavy atom. The molecule has 0 rings (SSSR count). The van der Waals surface area contributed by atoms with Gasteiger partial charge in [0.15, 0.2) is 15.1 Å². The van der Waals surface area contributed by atoms with Crippen molar-refractivity contribution in [3.63, 3.8) is 0 Å². The van der Waals surface area contributed by atoms with Crippen molar-refractivity contribution in [2.24, 2.45) is 5.73 Å². The zero-order valence-electron chi connectivity index (χ0n) is 9.49. The van der Waals surface area contributed by atoms with Gasteiger partial charge in [0.05, 0.1) is 0 Å². The third-order valence-corrected chi connectivity index (χ3v) is 4.07. The van der Waals surface area contributed by atoms with Gasteiger partial charge in [-0.2, -0.15) is 13.2 Å². The van der Waals surface area contributed by atoms with Crippen molar-refractivity contribution in [3.8, 4) is 0 Å². The molecular weight excluding hydrogens is 261 g/mol. The highest BCUT2D eigenvalue weighted by molar-refractivity contribution is 7.92. The average Bonchev–Trinajstić information content (AvgIpc) is 2.10. The molecule has 0 aromatic carbocycles. The van der Waals surface area contributed by atoms with Crippen LogP contribution in [0.4, 0.5) is 13.2 Å². The molecule has 0 bridgehead atoms. The summed E-state index contributed by atoms with van der Waals surface area (Å²) < 4.78 is 60.4. The quantitative estimate of drug-likeness (QED) is 0.752. The molecule has 0 aliphatic carbocycles. The number of hydrogen-bond donors (Lipinski definition) is 1. The Hall–Kier alpha value is -0.830. The maximum atomic E-state index is 12.5. The molecule has 1 unspecified atom stereocenters. The van der Waals surface area contributed by atoms with Crippen LogP contribution in [0, 0.1) is 0 Å². The summed E-state index contributed by atoms with van der Waals surface area (Å²) in [5.41, 5.74) is 4.95. The SMILES string of the molecule is CN(C)C(=O)CS(=O)(=O)C(CCN)C(F)(F)F. The largest absolute Gasteiger partial charge is 0.405 e. The fraction of sp³-hybridized carbons (Fsp3) is 0.875. The summed E-state index contributed by atoms with van der Waals surface area (Å²) in [5, 5.41) is -2.58. The van der Waals surface area contributed by atoms with Gasteiger partial charge in [-0.1, -0.05) is 0 Å². The van der Waals surface area contributed by atoms with Crippen molar-refractivity contribution in [2.75, 3.05) is 26.4 Å². The predicted octanol–water partition coefficient (Wildman–Crippen LogP) is -0.231. The van der Waals surface area contributed by atoms with Gasteiger partial charge in [0.25, 0.3) is 0 Å². The maximum absolute atomic E-state index is 12.5. The van der Waals surface area contributed by atoms with Crippen molar-refractivity contribution in [1.82, 2.24) is 4.90 Å². The lowest BCUT2D eigenvalue weighted by molar-refractivity contribution is -0.131. The zero-order valence-corrected chi connectivity index (χ0v) is 10.3. The number of amides is 1. The number of rotatable bonds is 5. The summed E-state index contributed by atoms with van der Waals surface area (Å²) in [6.45, 7) is -0.417. The van der Waals surface area contributed by atoms with E-state index >= 15 is 0 Å². The summed E-state index contributed by atoms with van der Waals surface area (Å²) in [7, 11) is -2.05. The average molecular weight is 276 g/mol. The normalized spacial score (nSPS) is 14.5. The summed E-state index contributed by atoms with van der Waals surface area (Å²) in [4.78, 5) is 12.1. The topological polar surface area (TPSA) is 80.5 Å². The van der Waals surface area contributed by atoms with Gasteiger partial charge in [-0.3, -0.25) is 4.79 Å². The van der Waals surface area contributed by atoms with Crippen LogP contribution in [0.15, 0.2) is 0 Å². The van der Waals surface area contributed by atoms with E-state index in [-0.39, 0.29) is 0 Å². The van der Waals surface area contributed by atoms with Crippen LogP contribution in [0.1, 0.15) is 6.42 Å². The van der Waals surface area contributed by atoms with Crippen molar-refractivity contribution in [3.05, 3.63) is 0 Å². The number of halogens is 3. The molecule has 0 aromatic rings. The number of carbonyl (C=O) groups is 1. The smallest absolute Gasteiger partial charge is 0.348 e. The predicted molar refractivity (Wildman–Crippen MR) is 56.0 cm³/mol. The van der Waals surface area contributed by atoms with E-state index in [0.717, 1.165) is 4.90 Å². The van der Waals surface area contributed by atoms with E-state index in [2.05, 4.69) is 0 Å². The molecule has 102 valence electrons. The summed E-state index contributed by atoms with van der Waals surface area (Å²) in [6, 6.07) is 0. The highest BCUT2D eigenvalue weighted by Gasteiger charge is 2.48. The highest BCUT2D eigenvalue weighted by Crippen LogP contribution is 2.28. The van der Waals surface area contributed by atoms with Gasteiger partial charge >= 0.3 is 6.18 Å². The maximum Gasteiger partial charge on any atom is 0.405 e. The first-order valence-corrected chi connectivity index (χ1v) is 6.42. The van der Waals surface area contributed by atoms with Crippen LogP contribution in [0.3, 0.4) is 0 Å². The lowest BCUT2D eigenvalue weighted by Gasteiger charge is -2.20. The second-order valence-corrected chi connectivity index (χ2v) is 5.89. The minimum Gasteiger partial charge on any atom is -0.348 e. The molecule has 1 amide bonds. The second kappa shape index (κ2) is 5.67. The Bertz CT molecular complexity index is 365. The summed E-state index contributed by atoms with van der Waals surface area (Å²) in [5.74, 6) is -2.05. The van der Waals surface area contributed by atoms with E-state index in [1.807, 2.05) is 0 Å². The molecule has 17 heavy (non-hydrogen) atoms. The number of nitrogens with two attached hydrogens (primary N) is 1. The lowest BCUT2D eigenvalue weighted by Crippen LogP contribution is -2.43. The zero-order chi connectivity index (χ0) is 13.9. The van der Waals surface area contributed by atoms with E-state index in [9.17, 15) is 26.4 Å². The van der Waals surface area contributed by atoms with Gasteiger partial charge in [-0.25, -0.2) is 8.42 Å². The first-order valence-electron chi connectivity index (χ1n) is 4.71. The van der Waals surface area contributed by atoms with Crippen molar-refractivity contribution in [2.45, 2.75) is 17.8 Å². The van der Waals surface area contributed by atoms with E-state index in [1.54, 1.807) is 0 Å². The monoisotopic (exact) mass is 276 g/mol. The van der Waals surface area contributed by atoms with Crippen LogP contribution >= 0.6 is 0 Å². The number of nitrogens with zero attached hydrogens (tertiary/aromatic N) is 1. The molecule has 1 atom stereocenters. The third-order valence-electron chi connectivity index (χ3n) is 2.05. The molecule has 2 N–H and O–H groups in total. The number of hydrogen-bond acceptors (Lipinski definition) is 4. The molecule has 0 radical (unpaired) electrons. The van der Waals surface area contributed by atoms with E-state index < -0.39 is 45.9 Å². The highest BCUT2D eigenvalue weighted by atomic mass is 32.2. The Kier molecular flexibility index (Phi) is 5.40. The molecule has 0 spiro atoms. The van der Waals surface area contributed by atoms with E-state index in [0.29, 0.717) is 0 Å². The molecule has 0 aliphatic rings. The molecule has 0 saturated heterocycles. The van der Waals surface area contributed by atoms with Crippen LogP contribution < -0.4 is 5.73 Å². The number of sulfone groups is 1. The van der Waals surface area contributed by atoms with Crippen LogP contribution in [0.2, 0.25) is 0 Å². The second-order valence-electron chi connectivity index (χ2n) is 3.70. The van der Waals surface area contributed by atoms with Gasteiger partial charge in [0, 0.05) is 14.1 Å². The minimum absolute atomic E-state index is 0.417. The van der Waals surface area contributed by atoms with Crippen molar-refractivity contribution in [1.29, 1.82) is 0 Å². The van der Waals surface area contributed by atoms with E-state index in [4.69, 9.17) is 5.73 Å². The van der Waals surface area contributed by atoms with Crippen molar-refractivity contribution >= 4 is 15.7 Å². The Morgan fingerprint density at radius 2 is 1.82 bits per heavy atom. The van der Waals surface area contributed by atoms with E-state index in [1.165, 1.54) is 14.1 Å². The van der Waals surface area contributed by atoms with Crippen LogP contribution in [-0.2, 0) is 14.6 Å². The van der Waals surface area contributed by atoms with Gasteiger partial charge in [0.2, 0.25) is 5.91 Å². The van der Waals surface area contributed by atoms with Crippen molar-refractivity contribution < 1.29 is 26.4 Å². The van der Waals surface area contributed by atoms with Gasteiger partial charge in [-0.15, -0.1) is 0 Å². The molecule has 5 nitrogen and oxygen atoms in total. The molecule has 0 aromatic heterocycles. The standard InChI is InChI=1S/C8H15F3N2O3S/c1-13(2)7(14)5-17(15,16)6(3-4-12)8(9,10)11/h6H,3-5,12H2,1-2H3. The number of alkyl halides is 3. The van der Waals surface area contributed by atoms with Crippen LogP contribution in [-0.4, -0.2) is 57.0 Å². The van der Waals surface area contributed by atoms with Gasteiger partial charge in [-0.05, 0) is 13.0 Å². The molecular formula is C8H15F3N2O3S. The fourth-order valence-electron chi connectivity index (χ4n) is 1.10. The summed E-state index contributed by atoms with van der Waals surface area (Å²) >= 11 is 0. The molecule has 0 fully saturated rings. The Labute approximate surface area is 97.7 Å². The fourth-order valence-corrected chi connectivity index (χ4v) is 2.81. The summed E-state index contributed by atoms with van der Waals surface area (Å²) in [6.07, 6.45) is -5.66.